The van der Waals surface area contributed by atoms with Gasteiger partial charge in [0.2, 0.25) is 5.91 Å². The van der Waals surface area contributed by atoms with E-state index in [4.69, 9.17) is 18.9 Å². The first-order chi connectivity index (χ1) is 17.6. The molecule has 1 amide bonds. The first-order valence-corrected chi connectivity index (χ1v) is 12.3. The van der Waals surface area contributed by atoms with Crippen LogP contribution >= 0.6 is 0 Å². The van der Waals surface area contributed by atoms with Gasteiger partial charge in [-0.2, -0.15) is 0 Å². The number of benzene rings is 3. The molecule has 1 heterocycles. The predicted molar refractivity (Wildman–Crippen MR) is 139 cm³/mol. The molecular weight excluding hydrogens is 454 g/mol. The largest absolute Gasteiger partial charge is 0.493 e. The SMILES string of the molecule is COc1cc(CC(=O)Nc2cccc(C3=CCC4(CC3)OCCO4)c2)ccc1OCc1ccccc1. The molecular formula is C30H31NO5. The van der Waals surface area contributed by atoms with Crippen molar-refractivity contribution in [3.05, 3.63) is 95.6 Å². The Morgan fingerprint density at radius 3 is 2.53 bits per heavy atom. The van der Waals surface area contributed by atoms with Crippen LogP contribution in [0.5, 0.6) is 11.5 Å². The van der Waals surface area contributed by atoms with Crippen molar-refractivity contribution in [1.82, 2.24) is 0 Å². The van der Waals surface area contributed by atoms with Gasteiger partial charge in [0.1, 0.15) is 6.61 Å². The van der Waals surface area contributed by atoms with E-state index in [0.29, 0.717) is 31.3 Å². The molecule has 186 valence electrons. The Balaban J connectivity index is 1.19. The molecule has 6 heteroatoms. The third-order valence-corrected chi connectivity index (χ3v) is 6.60. The van der Waals surface area contributed by atoms with Crippen LogP contribution in [-0.2, 0) is 27.3 Å². The number of ether oxygens (including phenoxy) is 4. The Kier molecular flexibility index (Phi) is 7.35. The molecule has 0 unspecified atom stereocenters. The minimum absolute atomic E-state index is 0.0866. The molecule has 2 aliphatic rings. The van der Waals surface area contributed by atoms with Gasteiger partial charge in [0.25, 0.3) is 0 Å². The molecule has 0 radical (unpaired) electrons. The number of hydrogen-bond acceptors (Lipinski definition) is 5. The summed E-state index contributed by atoms with van der Waals surface area (Å²) in [6.07, 6.45) is 4.92. The van der Waals surface area contributed by atoms with Crippen molar-refractivity contribution in [3.63, 3.8) is 0 Å². The highest BCUT2D eigenvalue weighted by Gasteiger charge is 2.37. The van der Waals surface area contributed by atoms with Gasteiger partial charge in [-0.1, -0.05) is 54.6 Å². The molecule has 0 saturated carbocycles. The molecule has 6 nitrogen and oxygen atoms in total. The van der Waals surface area contributed by atoms with E-state index in [0.717, 1.165) is 41.6 Å². The molecule has 3 aromatic carbocycles. The lowest BCUT2D eigenvalue weighted by Crippen LogP contribution is -2.31. The summed E-state index contributed by atoms with van der Waals surface area (Å²) in [5.41, 5.74) is 5.08. The highest BCUT2D eigenvalue weighted by molar-refractivity contribution is 5.92. The van der Waals surface area contributed by atoms with Crippen LogP contribution in [0.1, 0.15) is 36.0 Å². The predicted octanol–water partition coefficient (Wildman–Crippen LogP) is 5.77. The Labute approximate surface area is 211 Å². The van der Waals surface area contributed by atoms with Crippen molar-refractivity contribution in [3.8, 4) is 11.5 Å². The van der Waals surface area contributed by atoms with Gasteiger partial charge < -0.3 is 24.3 Å². The van der Waals surface area contributed by atoms with Gasteiger partial charge in [0.15, 0.2) is 17.3 Å². The van der Waals surface area contributed by atoms with Gasteiger partial charge in [0, 0.05) is 18.5 Å². The van der Waals surface area contributed by atoms with E-state index in [-0.39, 0.29) is 12.3 Å². The number of anilines is 1. The van der Waals surface area contributed by atoms with Gasteiger partial charge in [0.05, 0.1) is 26.7 Å². The van der Waals surface area contributed by atoms with Gasteiger partial charge in [-0.3, -0.25) is 4.79 Å². The topological polar surface area (TPSA) is 66.0 Å². The lowest BCUT2D eigenvalue weighted by Gasteiger charge is -2.30. The van der Waals surface area contributed by atoms with E-state index in [9.17, 15) is 4.79 Å². The second-order valence-corrected chi connectivity index (χ2v) is 9.11. The van der Waals surface area contributed by atoms with Gasteiger partial charge >= 0.3 is 0 Å². The van der Waals surface area contributed by atoms with Crippen LogP contribution in [0.2, 0.25) is 0 Å². The average Bonchev–Trinajstić information content (AvgIpc) is 3.36. The van der Waals surface area contributed by atoms with E-state index in [2.05, 4.69) is 17.5 Å². The molecule has 0 bridgehead atoms. The highest BCUT2D eigenvalue weighted by Crippen LogP contribution is 2.38. The summed E-state index contributed by atoms with van der Waals surface area (Å²) in [6, 6.07) is 23.6. The molecule has 5 rings (SSSR count). The van der Waals surface area contributed by atoms with Gasteiger partial charge in [-0.05, 0) is 52.9 Å². The summed E-state index contributed by atoms with van der Waals surface area (Å²) >= 11 is 0. The minimum atomic E-state index is -0.432. The Hall–Kier alpha value is -3.61. The summed E-state index contributed by atoms with van der Waals surface area (Å²) in [5, 5.41) is 3.03. The van der Waals surface area contributed by atoms with Crippen LogP contribution in [-0.4, -0.2) is 32.0 Å². The zero-order valence-electron chi connectivity index (χ0n) is 20.5. The molecule has 36 heavy (non-hydrogen) atoms. The molecule has 3 aromatic rings. The maximum Gasteiger partial charge on any atom is 0.228 e. The van der Waals surface area contributed by atoms with Crippen molar-refractivity contribution in [2.45, 2.75) is 38.1 Å². The number of methoxy groups -OCH3 is 1. The summed E-state index contributed by atoms with van der Waals surface area (Å²) in [7, 11) is 1.60. The monoisotopic (exact) mass is 485 g/mol. The molecule has 0 aromatic heterocycles. The highest BCUT2D eigenvalue weighted by atomic mass is 16.7. The maximum atomic E-state index is 12.8. The fourth-order valence-corrected chi connectivity index (χ4v) is 4.69. The van der Waals surface area contributed by atoms with Gasteiger partial charge in [-0.25, -0.2) is 0 Å². The first-order valence-electron chi connectivity index (χ1n) is 12.3. The minimum Gasteiger partial charge on any atom is -0.493 e. The average molecular weight is 486 g/mol. The van der Waals surface area contributed by atoms with E-state index in [1.165, 1.54) is 5.57 Å². The second-order valence-electron chi connectivity index (χ2n) is 9.11. The fraction of sp³-hybridized carbons (Fsp3) is 0.300. The third-order valence-electron chi connectivity index (χ3n) is 6.60. The summed E-state index contributed by atoms with van der Waals surface area (Å²) in [4.78, 5) is 12.8. The van der Waals surface area contributed by atoms with E-state index in [1.807, 2.05) is 66.7 Å². The molecule has 1 aliphatic carbocycles. The van der Waals surface area contributed by atoms with E-state index < -0.39 is 5.79 Å². The zero-order chi connectivity index (χ0) is 24.8. The van der Waals surface area contributed by atoms with Crippen molar-refractivity contribution in [2.24, 2.45) is 0 Å². The van der Waals surface area contributed by atoms with Crippen LogP contribution in [0.15, 0.2) is 78.9 Å². The van der Waals surface area contributed by atoms with Crippen LogP contribution < -0.4 is 14.8 Å². The number of nitrogens with one attached hydrogen (secondary N) is 1. The summed E-state index contributed by atoms with van der Waals surface area (Å²) in [6.45, 7) is 1.78. The Bertz CT molecular complexity index is 1230. The van der Waals surface area contributed by atoms with E-state index >= 15 is 0 Å². The first kappa shape index (κ1) is 24.1. The van der Waals surface area contributed by atoms with Crippen LogP contribution in [0.25, 0.3) is 5.57 Å². The zero-order valence-corrected chi connectivity index (χ0v) is 20.5. The van der Waals surface area contributed by atoms with Crippen molar-refractivity contribution >= 4 is 17.2 Å². The number of rotatable bonds is 8. The number of carbonyl (C=O) groups is 1. The standard InChI is InChI=1S/C30H31NO5/c1-33-28-18-23(10-11-27(28)34-21-22-6-3-2-4-7-22)19-29(32)31-26-9-5-8-25(20-26)24-12-14-30(15-13-24)35-16-17-36-30/h2-12,18,20H,13-17,19,21H2,1H3,(H,31,32). The number of allylic oxidation sites excluding steroid dienone is 1. The summed E-state index contributed by atoms with van der Waals surface area (Å²) in [5.74, 6) is 0.736. The Morgan fingerprint density at radius 2 is 1.78 bits per heavy atom. The Morgan fingerprint density at radius 1 is 0.944 bits per heavy atom. The van der Waals surface area contributed by atoms with Crippen LogP contribution in [0.4, 0.5) is 5.69 Å². The van der Waals surface area contributed by atoms with Crippen molar-refractivity contribution < 1.29 is 23.7 Å². The summed E-state index contributed by atoms with van der Waals surface area (Å²) < 4.78 is 23.1. The number of hydrogen-bond donors (Lipinski definition) is 1. The quantitative estimate of drug-likeness (QED) is 0.439. The molecule has 1 fully saturated rings. The number of amides is 1. The van der Waals surface area contributed by atoms with E-state index in [1.54, 1.807) is 7.11 Å². The normalized spacial score (nSPS) is 16.4. The van der Waals surface area contributed by atoms with Gasteiger partial charge in [-0.15, -0.1) is 0 Å². The second kappa shape index (κ2) is 11.0. The molecule has 1 saturated heterocycles. The van der Waals surface area contributed by atoms with Crippen molar-refractivity contribution in [1.29, 1.82) is 0 Å². The molecule has 1 spiro atoms. The molecule has 0 atom stereocenters. The van der Waals surface area contributed by atoms with Crippen molar-refractivity contribution in [2.75, 3.05) is 25.6 Å². The molecule has 1 N–H and O–H groups in total. The third kappa shape index (κ3) is 5.78. The number of carbonyl (C=O) groups excluding carboxylic acids is 1. The lowest BCUT2D eigenvalue weighted by molar-refractivity contribution is -0.159. The van der Waals surface area contributed by atoms with Crippen LogP contribution in [0, 0.1) is 0 Å². The maximum absolute atomic E-state index is 12.8. The smallest absolute Gasteiger partial charge is 0.228 e. The fourth-order valence-electron chi connectivity index (χ4n) is 4.69. The molecule has 1 aliphatic heterocycles. The lowest BCUT2D eigenvalue weighted by atomic mass is 9.89. The van der Waals surface area contributed by atoms with Crippen LogP contribution in [0.3, 0.4) is 0 Å².